The number of nitriles is 1. The van der Waals surface area contributed by atoms with Crippen molar-refractivity contribution < 1.29 is 0 Å². The summed E-state index contributed by atoms with van der Waals surface area (Å²) in [5, 5.41) is 9.93. The van der Waals surface area contributed by atoms with Gasteiger partial charge in [-0.25, -0.2) is 9.97 Å². The van der Waals surface area contributed by atoms with Gasteiger partial charge in [0, 0.05) is 18.0 Å². The number of rotatable bonds is 14. The molecule has 34 heavy (non-hydrogen) atoms. The summed E-state index contributed by atoms with van der Waals surface area (Å²) in [4.78, 5) is 9.25. The molecule has 0 bridgehead atoms. The normalized spacial score (nSPS) is 20.2. The Morgan fingerprint density at radius 1 is 0.824 bits per heavy atom. The molecule has 2 aromatic rings. The van der Waals surface area contributed by atoms with Crippen LogP contribution in [0.25, 0.3) is 11.4 Å². The molecule has 1 saturated carbocycles. The molecule has 1 fully saturated rings. The topological polar surface area (TPSA) is 49.6 Å². The van der Waals surface area contributed by atoms with Gasteiger partial charge < -0.3 is 0 Å². The first-order valence-electron chi connectivity index (χ1n) is 14.0. The average molecular weight is 460 g/mol. The lowest BCUT2D eigenvalue weighted by molar-refractivity contribution is 0.223. The van der Waals surface area contributed by atoms with Gasteiger partial charge in [-0.05, 0) is 62.0 Å². The molecule has 0 amide bonds. The maximum absolute atomic E-state index is 9.93. The van der Waals surface area contributed by atoms with Crippen LogP contribution in [0.1, 0.15) is 127 Å². The van der Waals surface area contributed by atoms with Gasteiger partial charge in [0.15, 0.2) is 5.82 Å². The molecule has 0 atom stereocenters. The van der Waals surface area contributed by atoms with E-state index in [9.17, 15) is 5.26 Å². The minimum Gasteiger partial charge on any atom is -0.236 e. The smallest absolute Gasteiger partial charge is 0.159 e. The first kappa shape index (κ1) is 26.4. The highest BCUT2D eigenvalue weighted by atomic mass is 14.9. The Bertz CT molecular complexity index is 855. The standard InChI is InChI=1S/C31H45N3/c1-3-5-7-9-10-12-20-31(25-32)21-18-28(19-22-31)27-14-16-29(17-15-27)30-33-23-26(24-34-30)13-11-8-6-4-2/h14-17,23-24,28H,3-13,18-22H2,1-2H3/t28-,31-. The number of benzene rings is 1. The predicted molar refractivity (Wildman–Crippen MR) is 143 cm³/mol. The van der Waals surface area contributed by atoms with Crippen LogP contribution >= 0.6 is 0 Å². The van der Waals surface area contributed by atoms with E-state index in [0.29, 0.717) is 5.92 Å². The van der Waals surface area contributed by atoms with Crippen LogP contribution in [-0.4, -0.2) is 9.97 Å². The predicted octanol–water partition coefficient (Wildman–Crippen LogP) is 9.18. The molecule has 0 N–H and O–H groups in total. The Morgan fingerprint density at radius 3 is 2.03 bits per heavy atom. The van der Waals surface area contributed by atoms with Crippen molar-refractivity contribution in [2.24, 2.45) is 5.41 Å². The Morgan fingerprint density at radius 2 is 1.41 bits per heavy atom. The van der Waals surface area contributed by atoms with Crippen LogP contribution in [0.3, 0.4) is 0 Å². The lowest BCUT2D eigenvalue weighted by Gasteiger charge is -2.35. The van der Waals surface area contributed by atoms with Gasteiger partial charge in [-0.2, -0.15) is 5.26 Å². The molecule has 0 aliphatic heterocycles. The SMILES string of the molecule is CCCCCCCC[C@]1(C#N)CC[C@H](c2ccc(-c3ncc(CCCCCC)cn3)cc2)CC1. The molecule has 1 aliphatic rings. The summed E-state index contributed by atoms with van der Waals surface area (Å²) in [6.45, 7) is 4.51. The molecule has 3 nitrogen and oxygen atoms in total. The van der Waals surface area contributed by atoms with E-state index >= 15 is 0 Å². The minimum atomic E-state index is -0.0761. The van der Waals surface area contributed by atoms with E-state index in [2.05, 4.69) is 54.2 Å². The zero-order valence-corrected chi connectivity index (χ0v) is 21.7. The average Bonchev–Trinajstić information content (AvgIpc) is 2.89. The highest BCUT2D eigenvalue weighted by molar-refractivity contribution is 5.55. The third-order valence-electron chi connectivity index (χ3n) is 7.85. The van der Waals surface area contributed by atoms with Gasteiger partial charge in [-0.15, -0.1) is 0 Å². The van der Waals surface area contributed by atoms with Crippen molar-refractivity contribution >= 4 is 0 Å². The van der Waals surface area contributed by atoms with Crippen LogP contribution in [0.15, 0.2) is 36.7 Å². The van der Waals surface area contributed by atoms with E-state index in [4.69, 9.17) is 0 Å². The summed E-state index contributed by atoms with van der Waals surface area (Å²) < 4.78 is 0. The van der Waals surface area contributed by atoms with E-state index in [1.54, 1.807) is 0 Å². The number of nitrogens with zero attached hydrogens (tertiary/aromatic N) is 3. The van der Waals surface area contributed by atoms with E-state index in [0.717, 1.165) is 49.9 Å². The fourth-order valence-corrected chi connectivity index (χ4v) is 5.46. The largest absolute Gasteiger partial charge is 0.236 e. The molecule has 184 valence electrons. The van der Waals surface area contributed by atoms with Gasteiger partial charge in [0.25, 0.3) is 0 Å². The third-order valence-corrected chi connectivity index (χ3v) is 7.85. The van der Waals surface area contributed by atoms with Crippen LogP contribution in [-0.2, 0) is 6.42 Å². The second kappa shape index (κ2) is 14.2. The molecule has 1 aromatic heterocycles. The van der Waals surface area contributed by atoms with Crippen LogP contribution in [0.4, 0.5) is 0 Å². The Kier molecular flexibility index (Phi) is 11.1. The van der Waals surface area contributed by atoms with Crippen LogP contribution < -0.4 is 0 Å². The van der Waals surface area contributed by atoms with Crippen LogP contribution in [0.2, 0.25) is 0 Å². The van der Waals surface area contributed by atoms with Gasteiger partial charge in [0.1, 0.15) is 0 Å². The summed E-state index contributed by atoms with van der Waals surface area (Å²) >= 11 is 0. The minimum absolute atomic E-state index is 0.0761. The van der Waals surface area contributed by atoms with Crippen molar-refractivity contribution in [2.45, 2.75) is 122 Å². The summed E-state index contributed by atoms with van der Waals surface area (Å²) in [6.07, 6.45) is 23.4. The molecular formula is C31H45N3. The van der Waals surface area contributed by atoms with Crippen molar-refractivity contribution in [2.75, 3.05) is 0 Å². The van der Waals surface area contributed by atoms with Crippen molar-refractivity contribution in [1.29, 1.82) is 5.26 Å². The van der Waals surface area contributed by atoms with E-state index in [1.165, 1.54) is 75.3 Å². The Balaban J connectivity index is 1.47. The van der Waals surface area contributed by atoms with Gasteiger partial charge in [-0.3, -0.25) is 0 Å². The molecule has 0 radical (unpaired) electrons. The molecule has 3 heteroatoms. The number of unbranched alkanes of at least 4 members (excludes halogenated alkanes) is 8. The molecule has 0 spiro atoms. The number of hydrogen-bond acceptors (Lipinski definition) is 3. The quantitative estimate of drug-likeness (QED) is 0.264. The summed E-state index contributed by atoms with van der Waals surface area (Å²) in [5.74, 6) is 1.39. The third kappa shape index (κ3) is 7.93. The van der Waals surface area contributed by atoms with Crippen molar-refractivity contribution in [3.63, 3.8) is 0 Å². The lowest BCUT2D eigenvalue weighted by atomic mass is 9.67. The summed E-state index contributed by atoms with van der Waals surface area (Å²) in [7, 11) is 0. The Labute approximate surface area is 208 Å². The van der Waals surface area contributed by atoms with E-state index in [-0.39, 0.29) is 5.41 Å². The highest BCUT2D eigenvalue weighted by Crippen LogP contribution is 2.45. The number of hydrogen-bond donors (Lipinski definition) is 0. The first-order chi connectivity index (χ1) is 16.7. The Hall–Kier alpha value is -2.21. The summed E-state index contributed by atoms with van der Waals surface area (Å²) in [6, 6.07) is 11.6. The monoisotopic (exact) mass is 459 g/mol. The first-order valence-corrected chi connectivity index (χ1v) is 14.0. The van der Waals surface area contributed by atoms with E-state index in [1.807, 2.05) is 12.4 Å². The molecule has 0 unspecified atom stereocenters. The number of aryl methyl sites for hydroxylation is 1. The zero-order valence-electron chi connectivity index (χ0n) is 21.7. The van der Waals surface area contributed by atoms with E-state index < -0.39 is 0 Å². The second-order valence-electron chi connectivity index (χ2n) is 10.5. The van der Waals surface area contributed by atoms with Crippen molar-refractivity contribution in [3.8, 4) is 17.5 Å². The zero-order chi connectivity index (χ0) is 24.1. The number of aromatic nitrogens is 2. The molecule has 1 aliphatic carbocycles. The fourth-order valence-electron chi connectivity index (χ4n) is 5.46. The van der Waals surface area contributed by atoms with Gasteiger partial charge in [0.05, 0.1) is 11.5 Å². The van der Waals surface area contributed by atoms with Crippen LogP contribution in [0.5, 0.6) is 0 Å². The molecule has 1 aromatic carbocycles. The van der Waals surface area contributed by atoms with Gasteiger partial charge >= 0.3 is 0 Å². The highest BCUT2D eigenvalue weighted by Gasteiger charge is 2.35. The molecule has 0 saturated heterocycles. The molecule has 1 heterocycles. The van der Waals surface area contributed by atoms with Crippen molar-refractivity contribution in [3.05, 3.63) is 47.8 Å². The summed E-state index contributed by atoms with van der Waals surface area (Å²) in [5.41, 5.74) is 3.65. The van der Waals surface area contributed by atoms with Crippen molar-refractivity contribution in [1.82, 2.24) is 9.97 Å². The molecular weight excluding hydrogens is 414 g/mol. The molecule has 3 rings (SSSR count). The van der Waals surface area contributed by atoms with Crippen LogP contribution in [0, 0.1) is 16.7 Å². The lowest BCUT2D eigenvalue weighted by Crippen LogP contribution is -2.25. The maximum Gasteiger partial charge on any atom is 0.159 e. The second-order valence-corrected chi connectivity index (χ2v) is 10.5. The maximum atomic E-state index is 9.93. The van der Waals surface area contributed by atoms with Gasteiger partial charge in [0.2, 0.25) is 0 Å². The van der Waals surface area contributed by atoms with Gasteiger partial charge in [-0.1, -0.05) is 95.9 Å². The fraction of sp³-hybridized carbons (Fsp3) is 0.645.